The van der Waals surface area contributed by atoms with Crippen molar-refractivity contribution in [2.24, 2.45) is 0 Å². The third kappa shape index (κ3) is 21.2. The largest absolute Gasteiger partial charge is 0.379 e. The van der Waals surface area contributed by atoms with Gasteiger partial charge in [-0.25, -0.2) is 0 Å². The lowest BCUT2D eigenvalue weighted by molar-refractivity contribution is -0.121. The lowest BCUT2D eigenvalue weighted by Crippen LogP contribution is -2.27. The standard InChI is InChI=1S/C18H37NO6.H2/c1-16(2)24-8-5-6-18(20)19-7-9-21-10-11-22-12-13-23-14-15-25-17(3)4;/h16-17H,5-15H2,1-4H3,(H,19,20);1H. The van der Waals surface area contributed by atoms with Gasteiger partial charge in [0.2, 0.25) is 5.91 Å². The van der Waals surface area contributed by atoms with E-state index in [9.17, 15) is 4.79 Å². The van der Waals surface area contributed by atoms with Crippen LogP contribution in [0.1, 0.15) is 42.0 Å². The van der Waals surface area contributed by atoms with Gasteiger partial charge in [0.1, 0.15) is 0 Å². The molecule has 25 heavy (non-hydrogen) atoms. The van der Waals surface area contributed by atoms with Crippen LogP contribution >= 0.6 is 0 Å². The molecule has 7 nitrogen and oxygen atoms in total. The van der Waals surface area contributed by atoms with Crippen molar-refractivity contribution in [2.75, 3.05) is 59.4 Å². The molecule has 0 atom stereocenters. The van der Waals surface area contributed by atoms with Gasteiger partial charge in [-0.1, -0.05) is 0 Å². The van der Waals surface area contributed by atoms with E-state index in [4.69, 9.17) is 23.7 Å². The average molecular weight is 366 g/mol. The van der Waals surface area contributed by atoms with Crippen molar-refractivity contribution >= 4 is 5.91 Å². The first-order valence-electron chi connectivity index (χ1n) is 9.25. The van der Waals surface area contributed by atoms with Crippen LogP contribution in [0.4, 0.5) is 0 Å². The van der Waals surface area contributed by atoms with Crippen LogP contribution in [0.15, 0.2) is 0 Å². The van der Waals surface area contributed by atoms with Crippen molar-refractivity contribution in [3.63, 3.8) is 0 Å². The minimum Gasteiger partial charge on any atom is -0.379 e. The molecule has 152 valence electrons. The van der Waals surface area contributed by atoms with E-state index >= 15 is 0 Å². The van der Waals surface area contributed by atoms with Crippen molar-refractivity contribution in [3.05, 3.63) is 0 Å². The quantitative estimate of drug-likeness (QED) is 0.375. The zero-order valence-corrected chi connectivity index (χ0v) is 16.4. The molecule has 0 saturated heterocycles. The molecule has 0 heterocycles. The van der Waals surface area contributed by atoms with E-state index in [-0.39, 0.29) is 19.5 Å². The Balaban J connectivity index is 0. The normalized spacial score (nSPS) is 11.4. The molecule has 0 aromatic heterocycles. The molecule has 1 N–H and O–H groups in total. The van der Waals surface area contributed by atoms with Gasteiger partial charge in [-0.05, 0) is 34.1 Å². The fourth-order valence-corrected chi connectivity index (χ4v) is 1.79. The summed E-state index contributed by atoms with van der Waals surface area (Å²) in [6, 6.07) is 0. The highest BCUT2D eigenvalue weighted by Gasteiger charge is 2.01. The van der Waals surface area contributed by atoms with Gasteiger partial charge in [0.05, 0.1) is 58.5 Å². The number of rotatable bonds is 18. The third-order valence-corrected chi connectivity index (χ3v) is 2.99. The van der Waals surface area contributed by atoms with E-state index in [1.165, 1.54) is 0 Å². The molecule has 1 amide bonds. The number of amides is 1. The highest BCUT2D eigenvalue weighted by molar-refractivity contribution is 5.75. The Morgan fingerprint density at radius 1 is 0.760 bits per heavy atom. The van der Waals surface area contributed by atoms with Gasteiger partial charge in [0.15, 0.2) is 0 Å². The molecule has 0 unspecified atom stereocenters. The van der Waals surface area contributed by atoms with Crippen LogP contribution < -0.4 is 5.32 Å². The molecular weight excluding hydrogens is 326 g/mol. The fourth-order valence-electron chi connectivity index (χ4n) is 1.79. The second kappa shape index (κ2) is 18.1. The van der Waals surface area contributed by atoms with Crippen molar-refractivity contribution in [1.82, 2.24) is 5.32 Å². The van der Waals surface area contributed by atoms with Crippen LogP contribution in [-0.4, -0.2) is 77.5 Å². The van der Waals surface area contributed by atoms with E-state index < -0.39 is 0 Å². The fraction of sp³-hybridized carbons (Fsp3) is 0.944. The Hall–Kier alpha value is -0.730. The van der Waals surface area contributed by atoms with Crippen LogP contribution in [0.2, 0.25) is 0 Å². The maximum atomic E-state index is 11.5. The molecule has 0 aliphatic carbocycles. The van der Waals surface area contributed by atoms with Crippen LogP contribution in [0.3, 0.4) is 0 Å². The summed E-state index contributed by atoms with van der Waals surface area (Å²) in [4.78, 5) is 11.5. The summed E-state index contributed by atoms with van der Waals surface area (Å²) in [6.07, 6.45) is 1.67. The lowest BCUT2D eigenvalue weighted by Gasteiger charge is -2.09. The number of carbonyl (C=O) groups is 1. The minimum absolute atomic E-state index is 0. The summed E-state index contributed by atoms with van der Waals surface area (Å²) in [7, 11) is 0. The molecule has 0 aliphatic rings. The number of hydrogen-bond donors (Lipinski definition) is 1. The average Bonchev–Trinajstić information content (AvgIpc) is 2.55. The molecule has 7 heteroatoms. The smallest absolute Gasteiger partial charge is 0.220 e. The van der Waals surface area contributed by atoms with E-state index in [0.717, 1.165) is 6.42 Å². The number of nitrogens with one attached hydrogen (secondary N) is 1. The summed E-state index contributed by atoms with van der Waals surface area (Å²) in [5, 5.41) is 2.82. The zero-order chi connectivity index (χ0) is 18.8. The topological polar surface area (TPSA) is 75.3 Å². The molecule has 0 bridgehead atoms. The molecule has 0 saturated carbocycles. The molecule has 0 aromatic carbocycles. The Labute approximate surface area is 154 Å². The molecule has 0 aromatic rings. The van der Waals surface area contributed by atoms with Gasteiger partial charge in [-0.3, -0.25) is 4.79 Å². The highest BCUT2D eigenvalue weighted by atomic mass is 16.6. The van der Waals surface area contributed by atoms with E-state index in [1.54, 1.807) is 0 Å². The second-order valence-corrected chi connectivity index (χ2v) is 6.13. The van der Waals surface area contributed by atoms with Crippen LogP contribution in [0.5, 0.6) is 0 Å². The van der Waals surface area contributed by atoms with Gasteiger partial charge in [-0.2, -0.15) is 0 Å². The summed E-state index contributed by atoms with van der Waals surface area (Å²) < 4.78 is 26.9. The van der Waals surface area contributed by atoms with E-state index in [0.29, 0.717) is 65.8 Å². The second-order valence-electron chi connectivity index (χ2n) is 6.13. The van der Waals surface area contributed by atoms with E-state index in [2.05, 4.69) is 5.32 Å². The van der Waals surface area contributed by atoms with Gasteiger partial charge in [0.25, 0.3) is 0 Å². The van der Waals surface area contributed by atoms with Crippen LogP contribution in [0, 0.1) is 0 Å². The zero-order valence-electron chi connectivity index (χ0n) is 16.4. The summed E-state index contributed by atoms with van der Waals surface area (Å²) >= 11 is 0. The maximum absolute atomic E-state index is 11.5. The highest BCUT2D eigenvalue weighted by Crippen LogP contribution is 1.94. The van der Waals surface area contributed by atoms with Crippen molar-refractivity contribution in [1.29, 1.82) is 0 Å². The van der Waals surface area contributed by atoms with Crippen LogP contribution in [-0.2, 0) is 28.5 Å². The number of ether oxygens (including phenoxy) is 5. The van der Waals surface area contributed by atoms with Gasteiger partial charge < -0.3 is 29.0 Å². The van der Waals surface area contributed by atoms with Crippen molar-refractivity contribution in [2.45, 2.75) is 52.7 Å². The van der Waals surface area contributed by atoms with E-state index in [1.807, 2.05) is 27.7 Å². The molecule has 0 aliphatic heterocycles. The predicted octanol–water partition coefficient (Wildman–Crippen LogP) is 2.03. The monoisotopic (exact) mass is 365 g/mol. The SMILES string of the molecule is CC(C)OCCCC(=O)NCCOCCOCCOCCOC(C)C.[HH]. The first kappa shape index (κ1) is 24.3. The molecule has 0 fully saturated rings. The number of hydrogen-bond acceptors (Lipinski definition) is 6. The van der Waals surface area contributed by atoms with Gasteiger partial charge >= 0.3 is 0 Å². The van der Waals surface area contributed by atoms with Gasteiger partial charge in [-0.15, -0.1) is 0 Å². The summed E-state index contributed by atoms with van der Waals surface area (Å²) in [5.41, 5.74) is 0. The molecule has 0 rings (SSSR count). The maximum Gasteiger partial charge on any atom is 0.220 e. The molecule has 0 radical (unpaired) electrons. The Morgan fingerprint density at radius 2 is 1.24 bits per heavy atom. The minimum atomic E-state index is 0. The number of carbonyl (C=O) groups excluding carboxylic acids is 1. The van der Waals surface area contributed by atoms with Crippen LogP contribution in [0.25, 0.3) is 0 Å². The van der Waals surface area contributed by atoms with Gasteiger partial charge in [0, 0.05) is 21.0 Å². The van der Waals surface area contributed by atoms with Crippen molar-refractivity contribution in [3.8, 4) is 0 Å². The Bertz CT molecular complexity index is 305. The third-order valence-electron chi connectivity index (χ3n) is 2.99. The van der Waals surface area contributed by atoms with Crippen molar-refractivity contribution < 1.29 is 29.9 Å². The Morgan fingerprint density at radius 3 is 1.80 bits per heavy atom. The first-order chi connectivity index (χ1) is 12.0. The Kier molecular flexibility index (Phi) is 17.5. The lowest BCUT2D eigenvalue weighted by atomic mass is 10.3. The summed E-state index contributed by atoms with van der Waals surface area (Å²) in [5.74, 6) is 0.0331. The summed E-state index contributed by atoms with van der Waals surface area (Å²) in [6.45, 7) is 12.9. The first-order valence-corrected chi connectivity index (χ1v) is 9.25. The predicted molar refractivity (Wildman–Crippen MR) is 99.0 cm³/mol. The molecular formula is C18H39NO6. The molecule has 0 spiro atoms.